The van der Waals surface area contributed by atoms with Crippen molar-refractivity contribution in [2.75, 3.05) is 0 Å². The van der Waals surface area contributed by atoms with Gasteiger partial charge >= 0.3 is 0 Å². The van der Waals surface area contributed by atoms with E-state index >= 15 is 0 Å². The normalized spacial score (nSPS) is 26.8. The molecule has 2 unspecified atom stereocenters. The number of carbonyl (C=O) groups is 1. The number of rotatable bonds is 4. The summed E-state index contributed by atoms with van der Waals surface area (Å²) in [5.41, 5.74) is 1.83. The van der Waals surface area contributed by atoms with Gasteiger partial charge in [-0.15, -0.1) is 10.2 Å². The van der Waals surface area contributed by atoms with Gasteiger partial charge in [0.2, 0.25) is 0 Å². The van der Waals surface area contributed by atoms with Crippen LogP contribution >= 0.6 is 0 Å². The molecule has 2 aliphatic heterocycles. The Hall–Kier alpha value is -3.40. The van der Waals surface area contributed by atoms with Crippen LogP contribution in [0.15, 0.2) is 48.2 Å². The zero-order chi connectivity index (χ0) is 20.0. The summed E-state index contributed by atoms with van der Waals surface area (Å²) < 4.78 is 2.10. The van der Waals surface area contributed by atoms with E-state index in [-0.39, 0.29) is 30.0 Å². The highest BCUT2D eigenvalue weighted by Gasteiger charge is 2.41. The fourth-order valence-corrected chi connectivity index (χ4v) is 4.48. The summed E-state index contributed by atoms with van der Waals surface area (Å²) in [6, 6.07) is 12.6. The molecule has 0 saturated heterocycles. The lowest BCUT2D eigenvalue weighted by atomic mass is 9.81. The maximum atomic E-state index is 13.2. The molecular weight excluding hydrogens is 364 g/mol. The molecular formula is C22H22N6O. The number of nitrogens with zero attached hydrogens (tertiary/aromatic N) is 5. The van der Waals surface area contributed by atoms with Crippen molar-refractivity contribution >= 4 is 12.0 Å². The molecule has 1 aromatic carbocycles. The smallest absolute Gasteiger partial charge is 0.267 e. The zero-order valence-electron chi connectivity index (χ0n) is 16.2. The van der Waals surface area contributed by atoms with Crippen LogP contribution < -0.4 is 5.32 Å². The molecule has 0 spiro atoms. The molecule has 0 bridgehead atoms. The lowest BCUT2D eigenvalue weighted by Gasteiger charge is -2.35. The summed E-state index contributed by atoms with van der Waals surface area (Å²) in [4.78, 5) is 15.3. The standard InChI is InChI=1S/C22H22N6O/c1-14-25-26-21-8-7-18-19(28(14)21)11-20(22(29)24-17-9-16(10-17)12-23)27(18)13-15-5-3-2-4-6-15/h2-8,11,16-19H,9-10,13H2,1H3,(H,24,29)/t16-,17-,18?,19?. The highest BCUT2D eigenvalue weighted by atomic mass is 16.2. The molecule has 2 aromatic rings. The average Bonchev–Trinajstić information content (AvgIpc) is 3.26. The van der Waals surface area contributed by atoms with Crippen molar-refractivity contribution in [1.82, 2.24) is 25.0 Å². The van der Waals surface area contributed by atoms with Crippen molar-refractivity contribution in [3.05, 3.63) is 65.4 Å². The first-order valence-corrected chi connectivity index (χ1v) is 9.96. The third-order valence-corrected chi connectivity index (χ3v) is 6.07. The molecule has 1 aromatic heterocycles. The highest BCUT2D eigenvalue weighted by molar-refractivity contribution is 5.94. The summed E-state index contributed by atoms with van der Waals surface area (Å²) in [6.45, 7) is 2.59. The maximum Gasteiger partial charge on any atom is 0.267 e. The van der Waals surface area contributed by atoms with Crippen LogP contribution in [0.5, 0.6) is 0 Å². The predicted molar refractivity (Wildman–Crippen MR) is 107 cm³/mol. The van der Waals surface area contributed by atoms with E-state index in [1.54, 1.807) is 0 Å². The molecule has 146 valence electrons. The first-order valence-electron chi connectivity index (χ1n) is 9.96. The summed E-state index contributed by atoms with van der Waals surface area (Å²) >= 11 is 0. The second kappa shape index (κ2) is 6.89. The minimum atomic E-state index is -0.0719. The third-order valence-electron chi connectivity index (χ3n) is 6.07. The Balaban J connectivity index is 1.45. The van der Waals surface area contributed by atoms with E-state index in [1.165, 1.54) is 0 Å². The van der Waals surface area contributed by atoms with E-state index in [0.717, 1.165) is 30.1 Å². The average molecular weight is 386 g/mol. The van der Waals surface area contributed by atoms with Gasteiger partial charge in [0.15, 0.2) is 5.82 Å². The Labute approximate surface area is 169 Å². The van der Waals surface area contributed by atoms with Gasteiger partial charge in [-0.05, 0) is 37.5 Å². The Kier molecular flexibility index (Phi) is 4.20. The second-order valence-electron chi connectivity index (χ2n) is 7.95. The third kappa shape index (κ3) is 3.01. The topological polar surface area (TPSA) is 86.8 Å². The molecule has 2 atom stereocenters. The number of benzene rings is 1. The second-order valence-corrected chi connectivity index (χ2v) is 7.95. The number of amides is 1. The fraction of sp³-hybridized carbons (Fsp3) is 0.364. The first kappa shape index (κ1) is 17.7. The summed E-state index contributed by atoms with van der Waals surface area (Å²) in [5.74, 6) is 1.65. The van der Waals surface area contributed by atoms with Crippen molar-refractivity contribution in [2.45, 2.75) is 44.4 Å². The van der Waals surface area contributed by atoms with Crippen molar-refractivity contribution in [3.8, 4) is 6.07 Å². The monoisotopic (exact) mass is 386 g/mol. The van der Waals surface area contributed by atoms with E-state index in [9.17, 15) is 4.79 Å². The molecule has 3 heterocycles. The number of nitrogens with one attached hydrogen (secondary N) is 1. The number of carbonyl (C=O) groups excluding carboxylic acids is 1. The van der Waals surface area contributed by atoms with E-state index in [4.69, 9.17) is 5.26 Å². The van der Waals surface area contributed by atoms with Gasteiger partial charge in [-0.1, -0.05) is 36.4 Å². The lowest BCUT2D eigenvalue weighted by molar-refractivity contribution is -0.120. The van der Waals surface area contributed by atoms with Gasteiger partial charge in [-0.25, -0.2) is 0 Å². The number of hydrogen-bond acceptors (Lipinski definition) is 5. The van der Waals surface area contributed by atoms with Crippen molar-refractivity contribution in [2.24, 2.45) is 5.92 Å². The molecule has 29 heavy (non-hydrogen) atoms. The Bertz CT molecular complexity index is 1040. The van der Waals surface area contributed by atoms with Crippen LogP contribution in [0.25, 0.3) is 6.08 Å². The van der Waals surface area contributed by atoms with E-state index in [1.807, 2.05) is 37.3 Å². The number of aromatic nitrogens is 3. The van der Waals surface area contributed by atoms with Crippen molar-refractivity contribution in [3.63, 3.8) is 0 Å². The molecule has 0 radical (unpaired) electrons. The van der Waals surface area contributed by atoms with Crippen LogP contribution in [0.2, 0.25) is 0 Å². The van der Waals surface area contributed by atoms with Crippen LogP contribution in [0, 0.1) is 24.2 Å². The quantitative estimate of drug-likeness (QED) is 0.872. The summed E-state index contributed by atoms with van der Waals surface area (Å²) in [6.07, 6.45) is 7.60. The predicted octanol–water partition coefficient (Wildman–Crippen LogP) is 2.34. The van der Waals surface area contributed by atoms with E-state index in [2.05, 4.69) is 49.3 Å². The SMILES string of the molecule is Cc1nnc2n1C1C=C(C(=O)N[C@H]3C[C@H](C#N)C3)N(Cc3ccccc3)C1C=C2. The van der Waals surface area contributed by atoms with Crippen LogP contribution in [-0.2, 0) is 11.3 Å². The van der Waals surface area contributed by atoms with Gasteiger partial charge in [0, 0.05) is 12.6 Å². The van der Waals surface area contributed by atoms with Gasteiger partial charge in [0.1, 0.15) is 11.5 Å². The Morgan fingerprint density at radius 1 is 1.24 bits per heavy atom. The highest BCUT2D eigenvalue weighted by Crippen LogP contribution is 2.38. The first-order chi connectivity index (χ1) is 14.1. The van der Waals surface area contributed by atoms with Gasteiger partial charge < -0.3 is 14.8 Å². The molecule has 1 N–H and O–H groups in total. The van der Waals surface area contributed by atoms with Crippen molar-refractivity contribution < 1.29 is 4.79 Å². The van der Waals surface area contributed by atoms with Gasteiger partial charge in [0.05, 0.1) is 24.1 Å². The van der Waals surface area contributed by atoms with Crippen molar-refractivity contribution in [1.29, 1.82) is 5.26 Å². The molecule has 1 aliphatic carbocycles. The molecule has 1 amide bonds. The molecule has 1 fully saturated rings. The summed E-state index contributed by atoms with van der Waals surface area (Å²) in [7, 11) is 0. The van der Waals surface area contributed by atoms with Crippen LogP contribution in [-0.4, -0.2) is 37.7 Å². The molecule has 3 aliphatic rings. The van der Waals surface area contributed by atoms with Crippen LogP contribution in [0.3, 0.4) is 0 Å². The molecule has 1 saturated carbocycles. The zero-order valence-corrected chi connectivity index (χ0v) is 16.2. The van der Waals surface area contributed by atoms with Gasteiger partial charge in [-0.3, -0.25) is 4.79 Å². The minimum Gasteiger partial charge on any atom is -0.354 e. The fourth-order valence-electron chi connectivity index (χ4n) is 4.48. The maximum absolute atomic E-state index is 13.2. The van der Waals surface area contributed by atoms with Gasteiger partial charge in [0.25, 0.3) is 5.91 Å². The number of nitriles is 1. The van der Waals surface area contributed by atoms with E-state index in [0.29, 0.717) is 12.2 Å². The Morgan fingerprint density at radius 3 is 2.79 bits per heavy atom. The molecule has 7 heteroatoms. The number of hydrogen-bond donors (Lipinski definition) is 1. The van der Waals surface area contributed by atoms with Gasteiger partial charge in [-0.2, -0.15) is 5.26 Å². The van der Waals surface area contributed by atoms with E-state index < -0.39 is 0 Å². The lowest BCUT2D eigenvalue weighted by Crippen LogP contribution is -2.47. The molecule has 7 nitrogen and oxygen atoms in total. The van der Waals surface area contributed by atoms with Crippen LogP contribution in [0.1, 0.15) is 36.1 Å². The summed E-state index contributed by atoms with van der Waals surface area (Å²) in [5, 5.41) is 20.5. The number of aryl methyl sites for hydroxylation is 1. The largest absolute Gasteiger partial charge is 0.354 e. The minimum absolute atomic E-state index is 0.0114. The Morgan fingerprint density at radius 2 is 2.03 bits per heavy atom. The molecule has 5 rings (SSSR count). The number of fused-ring (bicyclic) bond motifs is 3. The van der Waals surface area contributed by atoms with Crippen LogP contribution in [0.4, 0.5) is 0 Å².